The molecule has 0 saturated carbocycles. The molecule has 82 valence electrons. The third-order valence-electron chi connectivity index (χ3n) is 2.77. The van der Waals surface area contributed by atoms with Gasteiger partial charge < -0.3 is 9.64 Å². The Hall–Kier alpha value is -1.36. The second-order valence-corrected chi connectivity index (χ2v) is 3.71. The third-order valence-corrected chi connectivity index (χ3v) is 2.77. The van der Waals surface area contributed by atoms with Crippen LogP contribution < -0.4 is 0 Å². The molecular weight excluding hydrogens is 194 g/mol. The van der Waals surface area contributed by atoms with Gasteiger partial charge in [0.15, 0.2) is 0 Å². The molecule has 0 bridgehead atoms. The van der Waals surface area contributed by atoms with Crippen LogP contribution in [0.4, 0.5) is 4.79 Å². The summed E-state index contributed by atoms with van der Waals surface area (Å²) in [6.07, 6.45) is 6.62. The Kier molecular flexibility index (Phi) is 3.01. The van der Waals surface area contributed by atoms with Gasteiger partial charge in [0, 0.05) is 38.7 Å². The van der Waals surface area contributed by atoms with Crippen LogP contribution >= 0.6 is 0 Å². The summed E-state index contributed by atoms with van der Waals surface area (Å²) in [6.45, 7) is 1.48. The fourth-order valence-electron chi connectivity index (χ4n) is 1.78. The smallest absolute Gasteiger partial charge is 0.329 e. The van der Waals surface area contributed by atoms with Crippen LogP contribution in [-0.4, -0.2) is 46.8 Å². The first-order valence-corrected chi connectivity index (χ1v) is 5.12. The van der Waals surface area contributed by atoms with Crippen molar-refractivity contribution in [3.05, 3.63) is 18.7 Å². The zero-order valence-electron chi connectivity index (χ0n) is 8.80. The molecule has 1 aromatic rings. The molecule has 1 aliphatic heterocycles. The Morgan fingerprint density at radius 2 is 2.27 bits per heavy atom. The van der Waals surface area contributed by atoms with Gasteiger partial charge in [-0.1, -0.05) is 0 Å². The predicted octanol–water partition coefficient (Wildman–Crippen LogP) is 0.962. The highest BCUT2D eigenvalue weighted by Crippen LogP contribution is 2.13. The Balaban J connectivity index is 2.00. The monoisotopic (exact) mass is 209 g/mol. The van der Waals surface area contributed by atoms with Crippen molar-refractivity contribution in [3.8, 4) is 0 Å². The van der Waals surface area contributed by atoms with Crippen LogP contribution in [0.3, 0.4) is 0 Å². The van der Waals surface area contributed by atoms with Gasteiger partial charge in [0.25, 0.3) is 0 Å². The lowest BCUT2D eigenvalue weighted by molar-refractivity contribution is 0.0528. The summed E-state index contributed by atoms with van der Waals surface area (Å²) in [5.74, 6) is 0. The van der Waals surface area contributed by atoms with Crippen LogP contribution in [0.5, 0.6) is 0 Å². The van der Waals surface area contributed by atoms with Crippen molar-refractivity contribution in [1.82, 2.24) is 14.5 Å². The van der Waals surface area contributed by atoms with E-state index >= 15 is 0 Å². The molecule has 1 aliphatic rings. The maximum Gasteiger partial charge on any atom is 0.329 e. The number of carbonyl (C=O) groups excluding carboxylic acids is 1. The van der Waals surface area contributed by atoms with E-state index in [9.17, 15) is 4.79 Å². The predicted molar refractivity (Wildman–Crippen MR) is 54.6 cm³/mol. The van der Waals surface area contributed by atoms with Crippen molar-refractivity contribution >= 4 is 6.03 Å². The minimum absolute atomic E-state index is 0.0283. The minimum Gasteiger partial charge on any atom is -0.381 e. The van der Waals surface area contributed by atoms with Crippen molar-refractivity contribution in [1.29, 1.82) is 0 Å². The van der Waals surface area contributed by atoms with E-state index in [0.29, 0.717) is 0 Å². The van der Waals surface area contributed by atoms with Crippen molar-refractivity contribution in [2.45, 2.75) is 18.9 Å². The minimum atomic E-state index is -0.0283. The van der Waals surface area contributed by atoms with E-state index < -0.39 is 0 Å². The number of aromatic nitrogens is 2. The number of ether oxygens (including phenoxy) is 1. The molecule has 0 spiro atoms. The molecule has 1 saturated heterocycles. The summed E-state index contributed by atoms with van der Waals surface area (Å²) in [5, 5.41) is 0. The average molecular weight is 209 g/mol. The lowest BCUT2D eigenvalue weighted by atomic mass is 10.1. The quantitative estimate of drug-likeness (QED) is 0.692. The number of hydrogen-bond donors (Lipinski definition) is 0. The molecule has 5 heteroatoms. The normalized spacial score (nSPS) is 17.7. The van der Waals surface area contributed by atoms with E-state index in [0.717, 1.165) is 26.1 Å². The lowest BCUT2D eigenvalue weighted by Gasteiger charge is -2.30. The molecule has 0 atom stereocenters. The third kappa shape index (κ3) is 2.18. The molecule has 1 amide bonds. The molecule has 5 nitrogen and oxygen atoms in total. The number of amides is 1. The Morgan fingerprint density at radius 1 is 1.53 bits per heavy atom. The number of hydrogen-bond acceptors (Lipinski definition) is 3. The molecule has 0 aliphatic carbocycles. The van der Waals surface area contributed by atoms with Gasteiger partial charge in [-0.2, -0.15) is 0 Å². The number of rotatable bonds is 1. The molecule has 0 aromatic carbocycles. The fourth-order valence-corrected chi connectivity index (χ4v) is 1.78. The summed E-state index contributed by atoms with van der Waals surface area (Å²) in [4.78, 5) is 17.5. The van der Waals surface area contributed by atoms with Crippen molar-refractivity contribution in [2.24, 2.45) is 0 Å². The second-order valence-electron chi connectivity index (χ2n) is 3.71. The van der Waals surface area contributed by atoms with E-state index in [1.54, 1.807) is 17.3 Å². The first kappa shape index (κ1) is 10.2. The molecule has 2 heterocycles. The van der Waals surface area contributed by atoms with E-state index in [2.05, 4.69) is 4.98 Å². The van der Waals surface area contributed by atoms with Gasteiger partial charge in [0.05, 0.1) is 0 Å². The van der Waals surface area contributed by atoms with Crippen molar-refractivity contribution < 1.29 is 9.53 Å². The Morgan fingerprint density at radius 3 is 2.87 bits per heavy atom. The molecule has 0 radical (unpaired) electrons. The first-order valence-electron chi connectivity index (χ1n) is 5.12. The maximum atomic E-state index is 11.9. The largest absolute Gasteiger partial charge is 0.381 e. The number of nitrogens with zero attached hydrogens (tertiary/aromatic N) is 3. The summed E-state index contributed by atoms with van der Waals surface area (Å²) < 4.78 is 6.76. The fraction of sp³-hybridized carbons (Fsp3) is 0.600. The van der Waals surface area contributed by atoms with Crippen LogP contribution in [0.1, 0.15) is 12.8 Å². The highest BCUT2D eigenvalue weighted by Gasteiger charge is 2.22. The molecule has 1 fully saturated rings. The molecule has 1 aromatic heterocycles. The molecule has 2 rings (SSSR count). The second kappa shape index (κ2) is 4.44. The van der Waals surface area contributed by atoms with E-state index in [4.69, 9.17) is 4.74 Å². The molecule has 15 heavy (non-hydrogen) atoms. The van der Waals surface area contributed by atoms with Gasteiger partial charge >= 0.3 is 6.03 Å². The molecule has 0 N–H and O–H groups in total. The standard InChI is InChI=1S/C10H15N3O2/c1-12(9-2-6-15-7-3-9)10(14)13-5-4-11-8-13/h4-5,8-9H,2-3,6-7H2,1H3. The summed E-state index contributed by atoms with van der Waals surface area (Å²) >= 11 is 0. The van der Waals surface area contributed by atoms with Crippen molar-refractivity contribution in [2.75, 3.05) is 20.3 Å². The summed E-state index contributed by atoms with van der Waals surface area (Å²) in [5.41, 5.74) is 0. The summed E-state index contributed by atoms with van der Waals surface area (Å²) in [7, 11) is 1.83. The van der Waals surface area contributed by atoms with E-state index in [-0.39, 0.29) is 12.1 Å². The number of carbonyl (C=O) groups is 1. The van der Waals surface area contributed by atoms with Crippen LogP contribution in [0, 0.1) is 0 Å². The van der Waals surface area contributed by atoms with Crippen LogP contribution in [-0.2, 0) is 4.74 Å². The van der Waals surface area contributed by atoms with Gasteiger partial charge in [-0.3, -0.25) is 4.57 Å². The Labute approximate surface area is 88.7 Å². The van der Waals surface area contributed by atoms with Crippen molar-refractivity contribution in [3.63, 3.8) is 0 Å². The van der Waals surface area contributed by atoms with E-state index in [1.165, 1.54) is 10.9 Å². The van der Waals surface area contributed by atoms with Gasteiger partial charge in [-0.05, 0) is 12.8 Å². The number of imidazole rings is 1. The van der Waals surface area contributed by atoms with Gasteiger partial charge in [0.2, 0.25) is 0 Å². The zero-order chi connectivity index (χ0) is 10.7. The van der Waals surface area contributed by atoms with Gasteiger partial charge in [-0.25, -0.2) is 9.78 Å². The zero-order valence-corrected chi connectivity index (χ0v) is 8.80. The van der Waals surface area contributed by atoms with E-state index in [1.807, 2.05) is 7.05 Å². The lowest BCUT2D eigenvalue weighted by Crippen LogP contribution is -2.42. The molecule has 0 unspecified atom stereocenters. The summed E-state index contributed by atoms with van der Waals surface area (Å²) in [6, 6.07) is 0.257. The first-order chi connectivity index (χ1) is 7.29. The van der Waals surface area contributed by atoms with Gasteiger partial charge in [-0.15, -0.1) is 0 Å². The SMILES string of the molecule is CN(C(=O)n1ccnc1)C1CCOCC1. The van der Waals surface area contributed by atoms with Gasteiger partial charge in [0.1, 0.15) is 6.33 Å². The maximum absolute atomic E-state index is 11.9. The van der Waals surface area contributed by atoms with Crippen LogP contribution in [0.15, 0.2) is 18.7 Å². The Bertz CT molecular complexity index is 317. The van der Waals surface area contributed by atoms with Crippen LogP contribution in [0.2, 0.25) is 0 Å². The highest BCUT2D eigenvalue weighted by atomic mass is 16.5. The average Bonchev–Trinajstić information content (AvgIpc) is 2.82. The highest BCUT2D eigenvalue weighted by molar-refractivity contribution is 5.76. The van der Waals surface area contributed by atoms with Crippen LogP contribution in [0.25, 0.3) is 0 Å². The molecular formula is C10H15N3O2. The topological polar surface area (TPSA) is 47.4 Å².